The summed E-state index contributed by atoms with van der Waals surface area (Å²) >= 11 is 0.0392. The second-order valence-electron chi connectivity index (χ2n) is 2.78. The molecule has 1 aromatic heterocycles. The van der Waals surface area contributed by atoms with Gasteiger partial charge in [-0.05, 0) is 0 Å². The summed E-state index contributed by atoms with van der Waals surface area (Å²) in [5, 5.41) is 0. The zero-order chi connectivity index (χ0) is 9.26. The molecule has 0 saturated carbocycles. The monoisotopic (exact) mass is 285 g/mol. The van der Waals surface area contributed by atoms with Crippen LogP contribution in [-0.4, -0.2) is 14.9 Å². The molecule has 0 unspecified atom stereocenters. The molecule has 0 atom stereocenters. The van der Waals surface area contributed by atoms with E-state index in [1.165, 1.54) is 3.70 Å². The van der Waals surface area contributed by atoms with Gasteiger partial charge in [0.1, 0.15) is 0 Å². The molecule has 13 heavy (non-hydrogen) atoms. The first kappa shape index (κ1) is 8.87. The molecule has 2 aromatic rings. The summed E-state index contributed by atoms with van der Waals surface area (Å²) in [5.41, 5.74) is 3.11. The third-order valence-corrected chi connectivity index (χ3v) is 3.91. The molecule has 0 amide bonds. The van der Waals surface area contributed by atoms with Crippen LogP contribution in [0.3, 0.4) is 0 Å². The van der Waals surface area contributed by atoms with Crippen molar-refractivity contribution in [1.29, 1.82) is 0 Å². The van der Waals surface area contributed by atoms with Gasteiger partial charge < -0.3 is 0 Å². The first-order chi connectivity index (χ1) is 6.31. The van der Waals surface area contributed by atoms with Gasteiger partial charge in [0.2, 0.25) is 0 Å². The molecule has 0 radical (unpaired) electrons. The summed E-state index contributed by atoms with van der Waals surface area (Å²) in [4.78, 5) is 11.3. The van der Waals surface area contributed by atoms with Crippen LogP contribution in [0.1, 0.15) is 5.69 Å². The number of hydrogen-bond acceptors (Lipinski definition) is 2. The van der Waals surface area contributed by atoms with Gasteiger partial charge in [-0.25, -0.2) is 0 Å². The summed E-state index contributed by atoms with van der Waals surface area (Å²) in [6, 6.07) is 8.03. The molecule has 0 aliphatic heterocycles. The van der Waals surface area contributed by atoms with Crippen molar-refractivity contribution in [1.82, 2.24) is 9.97 Å². The Morgan fingerprint density at radius 3 is 2.31 bits per heavy atom. The van der Waals surface area contributed by atoms with Crippen LogP contribution in [0, 0.1) is 10.6 Å². The number of aromatic nitrogens is 2. The van der Waals surface area contributed by atoms with Gasteiger partial charge >= 0.3 is 87.7 Å². The topological polar surface area (TPSA) is 25.8 Å². The fourth-order valence-corrected chi connectivity index (χ4v) is 2.65. The fraction of sp³-hybridized carbons (Fsp3) is 0.200. The summed E-state index contributed by atoms with van der Waals surface area (Å²) in [7, 11) is 0. The average Bonchev–Trinajstić information content (AvgIpc) is 2.17. The summed E-state index contributed by atoms with van der Waals surface area (Å²) < 4.78 is 1.21. The van der Waals surface area contributed by atoms with E-state index >= 15 is 0 Å². The SMILES string of the molecule is C[I-]c1nc2ccccc2nc1C. The molecule has 0 saturated heterocycles. The number of aryl methyl sites for hydroxylation is 1. The van der Waals surface area contributed by atoms with Gasteiger partial charge in [0.25, 0.3) is 0 Å². The van der Waals surface area contributed by atoms with Crippen molar-refractivity contribution in [2.45, 2.75) is 6.92 Å². The Kier molecular flexibility index (Phi) is 2.44. The van der Waals surface area contributed by atoms with E-state index in [9.17, 15) is 0 Å². The molecular weight excluding hydrogens is 275 g/mol. The van der Waals surface area contributed by atoms with E-state index in [2.05, 4.69) is 14.9 Å². The van der Waals surface area contributed by atoms with Crippen molar-refractivity contribution >= 4 is 11.0 Å². The molecule has 2 nitrogen and oxygen atoms in total. The van der Waals surface area contributed by atoms with Crippen molar-refractivity contribution in [2.24, 2.45) is 0 Å². The standard InChI is InChI=1S/C10H10IN2/c1-7-10(11-2)13-9-6-4-3-5-8(9)12-7/h3-6H,1-2H3/q-1. The molecule has 0 bridgehead atoms. The third kappa shape index (κ3) is 1.65. The fourth-order valence-electron chi connectivity index (χ4n) is 1.25. The van der Waals surface area contributed by atoms with Crippen molar-refractivity contribution in [3.05, 3.63) is 33.7 Å². The van der Waals surface area contributed by atoms with Gasteiger partial charge in [0, 0.05) is 0 Å². The van der Waals surface area contributed by atoms with Crippen molar-refractivity contribution < 1.29 is 21.2 Å². The van der Waals surface area contributed by atoms with E-state index in [0.29, 0.717) is 0 Å². The Labute approximate surface area is 87.7 Å². The van der Waals surface area contributed by atoms with Crippen LogP contribution in [0.4, 0.5) is 0 Å². The molecular formula is C10H10IN2-. The molecule has 1 aromatic carbocycles. The van der Waals surface area contributed by atoms with Crippen LogP contribution >= 0.6 is 0 Å². The Morgan fingerprint density at radius 2 is 1.69 bits per heavy atom. The van der Waals surface area contributed by atoms with Gasteiger partial charge in [0.15, 0.2) is 0 Å². The van der Waals surface area contributed by atoms with Gasteiger partial charge in [-0.3, -0.25) is 0 Å². The Hall–Kier alpha value is -0.710. The van der Waals surface area contributed by atoms with Crippen LogP contribution in [-0.2, 0) is 0 Å². The molecule has 0 fully saturated rings. The van der Waals surface area contributed by atoms with Crippen LogP contribution in [0.5, 0.6) is 0 Å². The van der Waals surface area contributed by atoms with Crippen molar-refractivity contribution in [3.63, 3.8) is 0 Å². The number of nitrogens with zero attached hydrogens (tertiary/aromatic N) is 2. The minimum absolute atomic E-state index is 0.0392. The van der Waals surface area contributed by atoms with Gasteiger partial charge in [-0.15, -0.1) is 0 Å². The Balaban J connectivity index is 2.74. The van der Waals surface area contributed by atoms with Crippen LogP contribution in [0.25, 0.3) is 11.0 Å². The van der Waals surface area contributed by atoms with E-state index in [-0.39, 0.29) is 21.2 Å². The molecule has 68 valence electrons. The van der Waals surface area contributed by atoms with Gasteiger partial charge in [-0.2, -0.15) is 0 Å². The van der Waals surface area contributed by atoms with Gasteiger partial charge in [0.05, 0.1) is 0 Å². The maximum absolute atomic E-state index is 4.58. The average molecular weight is 285 g/mol. The molecule has 3 heteroatoms. The summed E-state index contributed by atoms with van der Waals surface area (Å²) in [6.07, 6.45) is 0. The molecule has 0 N–H and O–H groups in total. The second-order valence-corrected chi connectivity index (χ2v) is 4.88. The molecule has 0 spiro atoms. The first-order valence-corrected chi connectivity index (χ1v) is 7.27. The predicted molar refractivity (Wildman–Crippen MR) is 48.9 cm³/mol. The van der Waals surface area contributed by atoms with Crippen molar-refractivity contribution in [2.75, 3.05) is 4.93 Å². The number of para-hydroxylation sites is 2. The number of halogens is 1. The van der Waals surface area contributed by atoms with E-state index < -0.39 is 0 Å². The van der Waals surface area contributed by atoms with E-state index in [1.807, 2.05) is 31.2 Å². The van der Waals surface area contributed by atoms with E-state index in [0.717, 1.165) is 16.7 Å². The number of benzene rings is 1. The quantitative estimate of drug-likeness (QED) is 0.487. The molecule has 0 aliphatic carbocycles. The maximum atomic E-state index is 4.58. The Morgan fingerprint density at radius 1 is 1.08 bits per heavy atom. The number of hydrogen-bond donors (Lipinski definition) is 0. The predicted octanol–water partition coefficient (Wildman–Crippen LogP) is -1.17. The van der Waals surface area contributed by atoms with E-state index in [4.69, 9.17) is 0 Å². The van der Waals surface area contributed by atoms with Gasteiger partial charge in [-0.1, -0.05) is 0 Å². The zero-order valence-corrected chi connectivity index (χ0v) is 9.74. The zero-order valence-electron chi connectivity index (χ0n) is 7.58. The first-order valence-electron chi connectivity index (χ1n) is 4.04. The van der Waals surface area contributed by atoms with Crippen molar-refractivity contribution in [3.8, 4) is 0 Å². The summed E-state index contributed by atoms with van der Waals surface area (Å²) in [6.45, 7) is 2.04. The number of alkyl halides is 1. The number of rotatable bonds is 1. The molecule has 1 heterocycles. The number of fused-ring (bicyclic) bond motifs is 1. The molecule has 2 rings (SSSR count). The Bertz CT molecular complexity index is 440. The van der Waals surface area contributed by atoms with E-state index in [1.54, 1.807) is 0 Å². The van der Waals surface area contributed by atoms with Crippen LogP contribution in [0.2, 0.25) is 0 Å². The molecule has 0 aliphatic rings. The minimum atomic E-state index is 0.0392. The normalized spacial score (nSPS) is 10.9. The van der Waals surface area contributed by atoms with Crippen LogP contribution in [0.15, 0.2) is 24.3 Å². The van der Waals surface area contributed by atoms with Crippen LogP contribution < -0.4 is 21.2 Å². The summed E-state index contributed by atoms with van der Waals surface area (Å²) in [5.74, 6) is 0. The third-order valence-electron chi connectivity index (χ3n) is 1.87. The second kappa shape index (κ2) is 3.57.